The van der Waals surface area contributed by atoms with Crippen LogP contribution in [0.15, 0.2) is 23.3 Å². The van der Waals surface area contributed by atoms with Gasteiger partial charge in [-0.25, -0.2) is 9.98 Å². The molecule has 1 aromatic rings. The molecule has 2 N–H and O–H groups in total. The number of aliphatic imine (C=N–C) groups is 1. The molecule has 1 saturated carbocycles. The Labute approximate surface area is 170 Å². The zero-order valence-electron chi connectivity index (χ0n) is 17.6. The fraction of sp³-hybridized carbons (Fsp3) is 0.727. The van der Waals surface area contributed by atoms with Crippen molar-refractivity contribution in [1.29, 1.82) is 0 Å². The van der Waals surface area contributed by atoms with E-state index in [0.29, 0.717) is 6.54 Å². The van der Waals surface area contributed by atoms with E-state index in [0.717, 1.165) is 75.0 Å². The number of nitrogens with zero attached hydrogens (tertiary/aromatic N) is 3. The summed E-state index contributed by atoms with van der Waals surface area (Å²) in [6, 6.07) is 4.29. The first kappa shape index (κ1) is 20.9. The number of guanidine groups is 1. The molecule has 6 nitrogen and oxygen atoms in total. The summed E-state index contributed by atoms with van der Waals surface area (Å²) < 4.78 is 5.68. The van der Waals surface area contributed by atoms with Crippen LogP contribution in [0.5, 0.6) is 0 Å². The van der Waals surface area contributed by atoms with Gasteiger partial charge in [-0.2, -0.15) is 0 Å². The van der Waals surface area contributed by atoms with E-state index in [1.807, 2.05) is 6.20 Å². The molecular weight excluding hydrogens is 350 g/mol. The third-order valence-electron chi connectivity index (χ3n) is 5.49. The summed E-state index contributed by atoms with van der Waals surface area (Å²) >= 11 is 0. The highest BCUT2D eigenvalue weighted by atomic mass is 16.5. The number of pyridine rings is 1. The highest BCUT2D eigenvalue weighted by Crippen LogP contribution is 2.28. The lowest BCUT2D eigenvalue weighted by atomic mass is 9.99. The molecule has 156 valence electrons. The van der Waals surface area contributed by atoms with E-state index < -0.39 is 0 Å². The van der Waals surface area contributed by atoms with Crippen LogP contribution in [-0.2, 0) is 11.3 Å². The summed E-state index contributed by atoms with van der Waals surface area (Å²) in [5.41, 5.74) is 1.14. The van der Waals surface area contributed by atoms with Crippen molar-refractivity contribution in [2.24, 2.45) is 16.8 Å². The number of hydrogen-bond acceptors (Lipinski definition) is 4. The van der Waals surface area contributed by atoms with Gasteiger partial charge in [-0.05, 0) is 62.5 Å². The number of rotatable bonds is 10. The van der Waals surface area contributed by atoms with Crippen molar-refractivity contribution in [1.82, 2.24) is 15.6 Å². The molecule has 0 aromatic carbocycles. The molecule has 3 rings (SSSR count). The average molecular weight is 388 g/mol. The van der Waals surface area contributed by atoms with Gasteiger partial charge in [0.15, 0.2) is 5.96 Å². The molecule has 0 spiro atoms. The Balaban J connectivity index is 1.40. The molecule has 0 radical (unpaired) electrons. The molecule has 0 atom stereocenters. The second-order valence-corrected chi connectivity index (χ2v) is 8.19. The number of piperidine rings is 1. The minimum Gasteiger partial charge on any atom is -0.381 e. The third-order valence-corrected chi connectivity index (χ3v) is 5.49. The van der Waals surface area contributed by atoms with Crippen LogP contribution in [0, 0.1) is 11.8 Å². The largest absolute Gasteiger partial charge is 0.381 e. The molecule has 28 heavy (non-hydrogen) atoms. The number of anilines is 1. The fourth-order valence-corrected chi connectivity index (χ4v) is 3.36. The van der Waals surface area contributed by atoms with Gasteiger partial charge in [0.2, 0.25) is 0 Å². The van der Waals surface area contributed by atoms with E-state index >= 15 is 0 Å². The van der Waals surface area contributed by atoms with E-state index in [-0.39, 0.29) is 0 Å². The molecule has 0 amide bonds. The topological polar surface area (TPSA) is 61.8 Å². The van der Waals surface area contributed by atoms with E-state index in [9.17, 15) is 0 Å². The minimum atomic E-state index is 0.637. The lowest BCUT2D eigenvalue weighted by Crippen LogP contribution is -2.38. The van der Waals surface area contributed by atoms with Gasteiger partial charge < -0.3 is 20.3 Å². The quantitative estimate of drug-likeness (QED) is 0.367. The van der Waals surface area contributed by atoms with Gasteiger partial charge in [-0.15, -0.1) is 0 Å². The van der Waals surface area contributed by atoms with Crippen LogP contribution in [0.1, 0.15) is 51.5 Å². The zero-order valence-corrected chi connectivity index (χ0v) is 17.6. The Morgan fingerprint density at radius 2 is 2.04 bits per heavy atom. The Bertz CT molecular complexity index is 591. The molecule has 1 aromatic heterocycles. The number of nitrogens with one attached hydrogen (secondary N) is 2. The standard InChI is InChI=1S/C22H37N5O/c1-3-23-22(24-11-4-14-28-17-19-5-6-19)26-16-20-7-8-21(25-15-20)27-12-9-18(2)10-13-27/h7-8,15,18-19H,3-6,9-14,16-17H2,1-2H3,(H2,23,24,26). The monoisotopic (exact) mass is 387 g/mol. The summed E-state index contributed by atoms with van der Waals surface area (Å²) in [6.07, 6.45) is 8.19. The van der Waals surface area contributed by atoms with Gasteiger partial charge in [0.25, 0.3) is 0 Å². The van der Waals surface area contributed by atoms with E-state index in [4.69, 9.17) is 9.73 Å². The predicted molar refractivity (Wildman–Crippen MR) is 116 cm³/mol. The highest BCUT2D eigenvalue weighted by Gasteiger charge is 2.20. The third kappa shape index (κ3) is 7.30. The normalized spacial score (nSPS) is 18.4. The molecule has 0 bridgehead atoms. The molecule has 6 heteroatoms. The first-order chi connectivity index (χ1) is 13.7. The molecular formula is C22H37N5O. The van der Waals surface area contributed by atoms with Gasteiger partial charge >= 0.3 is 0 Å². The lowest BCUT2D eigenvalue weighted by Gasteiger charge is -2.31. The first-order valence-corrected chi connectivity index (χ1v) is 11.0. The molecule has 2 fully saturated rings. The molecule has 1 aliphatic heterocycles. The van der Waals surface area contributed by atoms with Gasteiger partial charge in [-0.1, -0.05) is 13.0 Å². The fourth-order valence-electron chi connectivity index (χ4n) is 3.36. The van der Waals surface area contributed by atoms with E-state index in [1.165, 1.54) is 25.7 Å². The van der Waals surface area contributed by atoms with Gasteiger partial charge in [-0.3, -0.25) is 0 Å². The summed E-state index contributed by atoms with van der Waals surface area (Å²) in [7, 11) is 0. The van der Waals surface area contributed by atoms with Crippen molar-refractivity contribution >= 4 is 11.8 Å². The Hall–Kier alpha value is -1.82. The van der Waals surface area contributed by atoms with Crippen LogP contribution < -0.4 is 15.5 Å². The summed E-state index contributed by atoms with van der Waals surface area (Å²) in [5.74, 6) is 3.63. The van der Waals surface area contributed by atoms with Crippen LogP contribution >= 0.6 is 0 Å². The summed E-state index contributed by atoms with van der Waals surface area (Å²) in [5, 5.41) is 6.70. The molecule has 2 heterocycles. The maximum atomic E-state index is 5.68. The van der Waals surface area contributed by atoms with Crippen molar-refractivity contribution < 1.29 is 4.74 Å². The lowest BCUT2D eigenvalue weighted by molar-refractivity contribution is 0.123. The Morgan fingerprint density at radius 1 is 1.21 bits per heavy atom. The molecule has 1 aliphatic carbocycles. The van der Waals surface area contributed by atoms with Crippen molar-refractivity contribution in [3.8, 4) is 0 Å². The first-order valence-electron chi connectivity index (χ1n) is 11.0. The van der Waals surface area contributed by atoms with Crippen molar-refractivity contribution in [3.05, 3.63) is 23.9 Å². The van der Waals surface area contributed by atoms with Crippen molar-refractivity contribution in [2.45, 2.75) is 52.5 Å². The maximum Gasteiger partial charge on any atom is 0.191 e. The minimum absolute atomic E-state index is 0.637. The van der Waals surface area contributed by atoms with Crippen molar-refractivity contribution in [3.63, 3.8) is 0 Å². The second kappa shape index (κ2) is 11.2. The van der Waals surface area contributed by atoms with Gasteiger partial charge in [0.05, 0.1) is 6.54 Å². The van der Waals surface area contributed by atoms with E-state index in [1.54, 1.807) is 0 Å². The average Bonchev–Trinajstić information content (AvgIpc) is 3.54. The van der Waals surface area contributed by atoms with Crippen LogP contribution in [0.2, 0.25) is 0 Å². The highest BCUT2D eigenvalue weighted by molar-refractivity contribution is 5.79. The Morgan fingerprint density at radius 3 is 2.71 bits per heavy atom. The molecule has 2 aliphatic rings. The maximum absolute atomic E-state index is 5.68. The predicted octanol–water partition coefficient (Wildman–Crippen LogP) is 3.19. The van der Waals surface area contributed by atoms with Gasteiger partial charge in [0, 0.05) is 45.6 Å². The zero-order chi connectivity index (χ0) is 19.6. The molecule has 1 saturated heterocycles. The number of ether oxygens (including phenoxy) is 1. The SMILES string of the molecule is CCNC(=NCc1ccc(N2CCC(C)CC2)nc1)NCCCOCC1CC1. The number of hydrogen-bond donors (Lipinski definition) is 2. The van der Waals surface area contributed by atoms with E-state index in [2.05, 4.69) is 46.5 Å². The molecule has 0 unspecified atom stereocenters. The summed E-state index contributed by atoms with van der Waals surface area (Å²) in [6.45, 7) is 10.8. The smallest absolute Gasteiger partial charge is 0.191 e. The van der Waals surface area contributed by atoms with Crippen LogP contribution in [-0.4, -0.2) is 50.3 Å². The second-order valence-electron chi connectivity index (χ2n) is 8.19. The number of aromatic nitrogens is 1. The summed E-state index contributed by atoms with van der Waals surface area (Å²) in [4.78, 5) is 11.8. The van der Waals surface area contributed by atoms with Crippen molar-refractivity contribution in [2.75, 3.05) is 44.3 Å². The van der Waals surface area contributed by atoms with Crippen LogP contribution in [0.25, 0.3) is 0 Å². The Kier molecular flexibility index (Phi) is 8.40. The van der Waals surface area contributed by atoms with Crippen LogP contribution in [0.3, 0.4) is 0 Å². The van der Waals surface area contributed by atoms with Gasteiger partial charge in [0.1, 0.15) is 5.82 Å². The van der Waals surface area contributed by atoms with Crippen LogP contribution in [0.4, 0.5) is 5.82 Å².